The quantitative estimate of drug-likeness (QED) is 0.534. The molecule has 1 aromatic carbocycles. The average Bonchev–Trinajstić information content (AvgIpc) is 2.31. The van der Waals surface area contributed by atoms with Gasteiger partial charge in [-0.2, -0.15) is 0 Å². The predicted molar refractivity (Wildman–Crippen MR) is 43.6 cm³/mol. The molecule has 0 unspecified atom stereocenters. The first-order chi connectivity index (χ1) is 5.27. The molecule has 52 valence electrons. The van der Waals surface area contributed by atoms with Crippen LogP contribution >= 0.6 is 0 Å². The maximum absolute atomic E-state index is 12.9. The lowest BCUT2D eigenvalue weighted by molar-refractivity contribution is 0.640. The van der Waals surface area contributed by atoms with Gasteiger partial charge in [0.25, 0.3) is 0 Å². The molecule has 0 saturated carbocycles. The first-order valence-corrected chi connectivity index (χ1v) is 3.30. The summed E-state index contributed by atoms with van der Waals surface area (Å²) in [7, 11) is 5.44. The van der Waals surface area contributed by atoms with Crippen LogP contribution in [0, 0.1) is 5.82 Å². The maximum Gasteiger partial charge on any atom is 0.138 e. The van der Waals surface area contributed by atoms with Gasteiger partial charge in [-0.25, -0.2) is 4.39 Å². The molecule has 0 spiro atoms. The summed E-state index contributed by atoms with van der Waals surface area (Å²) in [5.41, 5.74) is 1.23. The lowest BCUT2D eigenvalue weighted by Crippen LogP contribution is -1.99. The number of aromatic nitrogens is 1. The van der Waals surface area contributed by atoms with E-state index < -0.39 is 0 Å². The fourth-order valence-corrected chi connectivity index (χ4v) is 1.14. The van der Waals surface area contributed by atoms with Gasteiger partial charge in [0.1, 0.15) is 13.7 Å². The third kappa shape index (κ3) is 0.927. The van der Waals surface area contributed by atoms with Crippen LogP contribution in [0.4, 0.5) is 4.39 Å². The van der Waals surface area contributed by atoms with Crippen LogP contribution in [0.15, 0.2) is 24.3 Å². The molecule has 0 atom stereocenters. The number of nitrogens with one attached hydrogen (secondary N) is 1. The van der Waals surface area contributed by atoms with Crippen LogP contribution in [0.1, 0.15) is 0 Å². The molecule has 1 nitrogen and oxygen atoms in total. The highest BCUT2D eigenvalue weighted by molar-refractivity contribution is 6.32. The van der Waals surface area contributed by atoms with Gasteiger partial charge in [-0.05, 0) is 23.8 Å². The molecule has 0 fully saturated rings. The minimum Gasteiger partial charge on any atom is -0.368 e. The Bertz CT molecular complexity index is 394. The smallest absolute Gasteiger partial charge is 0.138 e. The Morgan fingerprint density at radius 1 is 1.36 bits per heavy atom. The van der Waals surface area contributed by atoms with E-state index in [1.807, 2.05) is 0 Å². The fraction of sp³-hybridized carbons (Fsp3) is 0. The van der Waals surface area contributed by atoms with Crippen LogP contribution in [0.5, 0.6) is 0 Å². The van der Waals surface area contributed by atoms with Crippen molar-refractivity contribution in [1.82, 2.24) is 4.98 Å². The Morgan fingerprint density at radius 2 is 2.18 bits per heavy atom. The summed E-state index contributed by atoms with van der Waals surface area (Å²) in [6.45, 7) is 0. The molecule has 0 aliphatic rings. The summed E-state index contributed by atoms with van der Waals surface area (Å²) >= 11 is 0. The van der Waals surface area contributed by atoms with E-state index in [0.29, 0.717) is 11.0 Å². The maximum atomic E-state index is 12.9. The van der Waals surface area contributed by atoms with Crippen molar-refractivity contribution in [3.05, 3.63) is 30.1 Å². The number of rotatable bonds is 0. The lowest BCUT2D eigenvalue weighted by Gasteiger charge is -1.88. The zero-order valence-corrected chi connectivity index (χ0v) is 5.76. The van der Waals surface area contributed by atoms with Gasteiger partial charge in [-0.1, -0.05) is 6.07 Å². The number of fused-ring (bicyclic) bond motifs is 1. The van der Waals surface area contributed by atoms with Crippen molar-refractivity contribution in [3.8, 4) is 0 Å². The Morgan fingerprint density at radius 3 is 2.91 bits per heavy atom. The van der Waals surface area contributed by atoms with Crippen LogP contribution in [0.25, 0.3) is 10.9 Å². The number of hydrogen-bond donors (Lipinski definition) is 1. The second-order valence-electron chi connectivity index (χ2n) is 2.43. The van der Waals surface area contributed by atoms with Crippen molar-refractivity contribution in [1.29, 1.82) is 0 Å². The largest absolute Gasteiger partial charge is 0.368 e. The number of halogens is 1. The van der Waals surface area contributed by atoms with Gasteiger partial charge in [0.15, 0.2) is 0 Å². The van der Waals surface area contributed by atoms with Gasteiger partial charge in [0, 0.05) is 10.9 Å². The van der Waals surface area contributed by atoms with E-state index in [9.17, 15) is 4.39 Å². The monoisotopic (exact) mass is 145 g/mol. The Hall–Kier alpha value is -1.25. The molecule has 0 amide bonds. The number of H-pyrrole nitrogens is 1. The zero-order chi connectivity index (χ0) is 7.84. The lowest BCUT2D eigenvalue weighted by atomic mass is 10.1. The van der Waals surface area contributed by atoms with Gasteiger partial charge in [0.05, 0.1) is 0 Å². The van der Waals surface area contributed by atoms with Gasteiger partial charge < -0.3 is 4.98 Å². The molecular weight excluding hydrogens is 140 g/mol. The average molecular weight is 145 g/mol. The SMILES string of the molecule is [B]c1cc2c(F)cccc2[nH]1. The highest BCUT2D eigenvalue weighted by Crippen LogP contribution is 2.13. The van der Waals surface area contributed by atoms with Crippen LogP contribution < -0.4 is 5.59 Å². The summed E-state index contributed by atoms with van der Waals surface area (Å²) in [5.74, 6) is -0.240. The van der Waals surface area contributed by atoms with Crippen molar-refractivity contribution in [2.24, 2.45) is 0 Å². The Balaban J connectivity index is 2.90. The van der Waals surface area contributed by atoms with Crippen LogP contribution in [0.2, 0.25) is 0 Å². The fourth-order valence-electron chi connectivity index (χ4n) is 1.14. The third-order valence-corrected chi connectivity index (χ3v) is 1.63. The van der Waals surface area contributed by atoms with Crippen LogP contribution in [-0.4, -0.2) is 12.8 Å². The molecule has 1 heterocycles. The summed E-state index contributed by atoms with van der Waals surface area (Å²) in [6.07, 6.45) is 0. The van der Waals surface area contributed by atoms with Crippen molar-refractivity contribution >= 4 is 24.3 Å². The molecule has 3 heteroatoms. The van der Waals surface area contributed by atoms with E-state index in [4.69, 9.17) is 7.85 Å². The zero-order valence-electron chi connectivity index (χ0n) is 5.76. The summed E-state index contributed by atoms with van der Waals surface area (Å²) in [5, 5.41) is 0.546. The molecule has 2 radical (unpaired) electrons. The number of aromatic amines is 1. The van der Waals surface area contributed by atoms with Gasteiger partial charge in [-0.3, -0.25) is 0 Å². The normalized spacial score (nSPS) is 10.6. The molecule has 1 aromatic heterocycles. The molecule has 0 aliphatic heterocycles. The first-order valence-electron chi connectivity index (χ1n) is 3.30. The van der Waals surface area contributed by atoms with E-state index in [1.54, 1.807) is 18.2 Å². The molecule has 11 heavy (non-hydrogen) atoms. The minimum absolute atomic E-state index is 0.240. The molecule has 0 saturated heterocycles. The summed E-state index contributed by atoms with van der Waals surface area (Å²) in [6, 6.07) is 6.43. The summed E-state index contributed by atoms with van der Waals surface area (Å²) in [4.78, 5) is 2.84. The van der Waals surface area contributed by atoms with Gasteiger partial charge in [-0.15, -0.1) is 0 Å². The molecule has 2 aromatic rings. The molecule has 1 N–H and O–H groups in total. The second-order valence-corrected chi connectivity index (χ2v) is 2.43. The topological polar surface area (TPSA) is 15.8 Å². The first kappa shape index (κ1) is 6.46. The van der Waals surface area contributed by atoms with E-state index in [-0.39, 0.29) is 5.82 Å². The Kier molecular flexibility index (Phi) is 1.25. The molecular formula is C8H5BFN. The highest BCUT2D eigenvalue weighted by atomic mass is 19.1. The number of benzene rings is 1. The van der Waals surface area contributed by atoms with Crippen molar-refractivity contribution < 1.29 is 4.39 Å². The molecule has 0 aliphatic carbocycles. The number of hydrogen-bond acceptors (Lipinski definition) is 0. The van der Waals surface area contributed by atoms with Crippen LogP contribution in [-0.2, 0) is 0 Å². The van der Waals surface area contributed by atoms with Crippen molar-refractivity contribution in [2.75, 3.05) is 0 Å². The predicted octanol–water partition coefficient (Wildman–Crippen LogP) is 1.10. The highest BCUT2D eigenvalue weighted by Gasteiger charge is 2.00. The summed E-state index contributed by atoms with van der Waals surface area (Å²) < 4.78 is 12.9. The minimum atomic E-state index is -0.240. The standard InChI is InChI=1S/C8H5BFN/c9-8-4-5-6(10)2-1-3-7(5)11-8/h1-4,11H. The third-order valence-electron chi connectivity index (χ3n) is 1.63. The van der Waals surface area contributed by atoms with Gasteiger partial charge >= 0.3 is 0 Å². The Labute approximate surface area is 64.6 Å². The van der Waals surface area contributed by atoms with Crippen LogP contribution in [0.3, 0.4) is 0 Å². The molecule has 2 rings (SSSR count). The van der Waals surface area contributed by atoms with E-state index >= 15 is 0 Å². The van der Waals surface area contributed by atoms with E-state index in [0.717, 1.165) is 5.52 Å². The second kappa shape index (κ2) is 2.12. The van der Waals surface area contributed by atoms with E-state index in [2.05, 4.69) is 4.98 Å². The van der Waals surface area contributed by atoms with Crippen molar-refractivity contribution in [2.45, 2.75) is 0 Å². The van der Waals surface area contributed by atoms with Crippen molar-refractivity contribution in [3.63, 3.8) is 0 Å². The van der Waals surface area contributed by atoms with E-state index in [1.165, 1.54) is 6.07 Å². The molecule has 0 bridgehead atoms. The van der Waals surface area contributed by atoms with Gasteiger partial charge in [0.2, 0.25) is 0 Å².